The summed E-state index contributed by atoms with van der Waals surface area (Å²) in [5.74, 6) is -1.69. The van der Waals surface area contributed by atoms with E-state index in [2.05, 4.69) is 18.5 Å². The Labute approximate surface area is 181 Å². The second-order valence-corrected chi connectivity index (χ2v) is 7.28. The van der Waals surface area contributed by atoms with E-state index in [1.807, 2.05) is 0 Å². The van der Waals surface area contributed by atoms with E-state index in [-0.39, 0.29) is 39.2 Å². The predicted octanol–water partition coefficient (Wildman–Crippen LogP) is 3.82. The minimum absolute atomic E-state index is 0.0238. The molecule has 2 amide bonds. The number of anilines is 2. The van der Waals surface area contributed by atoms with Crippen molar-refractivity contribution in [2.24, 2.45) is 0 Å². The zero-order chi connectivity index (χ0) is 22.2. The van der Waals surface area contributed by atoms with Crippen molar-refractivity contribution in [2.45, 2.75) is 5.60 Å². The highest BCUT2D eigenvalue weighted by Crippen LogP contribution is 2.48. The Hall–Kier alpha value is -3.20. The zero-order valence-corrected chi connectivity index (χ0v) is 16.9. The molecule has 1 heterocycles. The van der Waals surface area contributed by atoms with Crippen LogP contribution in [0.15, 0.2) is 61.2 Å². The molecule has 2 aromatic rings. The number of aliphatic hydroxyl groups is 1. The number of nitro groups is 1. The number of non-ortho nitro benzene ring substituents is 1. The van der Waals surface area contributed by atoms with Gasteiger partial charge in [0.25, 0.3) is 17.5 Å². The molecular formula is C20H15Cl2N3O5. The molecule has 10 heteroatoms. The van der Waals surface area contributed by atoms with Crippen molar-refractivity contribution in [1.82, 2.24) is 0 Å². The number of hydrogen-bond acceptors (Lipinski definition) is 5. The molecule has 0 saturated carbocycles. The second kappa shape index (κ2) is 7.91. The molecule has 3 rings (SSSR count). The first-order valence-corrected chi connectivity index (χ1v) is 9.26. The minimum Gasteiger partial charge on any atom is -0.372 e. The third kappa shape index (κ3) is 3.45. The van der Waals surface area contributed by atoms with Crippen molar-refractivity contribution >= 4 is 52.1 Å². The van der Waals surface area contributed by atoms with Crippen LogP contribution < -0.4 is 10.2 Å². The molecule has 30 heavy (non-hydrogen) atoms. The van der Waals surface area contributed by atoms with Gasteiger partial charge in [-0.15, -0.1) is 6.58 Å². The van der Waals surface area contributed by atoms with E-state index in [9.17, 15) is 24.8 Å². The van der Waals surface area contributed by atoms with Crippen molar-refractivity contribution in [1.29, 1.82) is 0 Å². The van der Waals surface area contributed by atoms with E-state index in [0.717, 1.165) is 0 Å². The fourth-order valence-electron chi connectivity index (χ4n) is 3.16. The number of carbonyl (C=O) groups is 2. The third-order valence-electron chi connectivity index (χ3n) is 4.60. The maximum atomic E-state index is 13.1. The van der Waals surface area contributed by atoms with Crippen molar-refractivity contribution in [3.63, 3.8) is 0 Å². The lowest BCUT2D eigenvalue weighted by atomic mass is 9.87. The predicted molar refractivity (Wildman–Crippen MR) is 114 cm³/mol. The molecule has 1 aliphatic heterocycles. The van der Waals surface area contributed by atoms with Gasteiger partial charge >= 0.3 is 0 Å². The normalized spacial score (nSPS) is 17.4. The summed E-state index contributed by atoms with van der Waals surface area (Å²) in [5.41, 5.74) is -2.58. The highest BCUT2D eigenvalue weighted by atomic mass is 35.5. The molecule has 2 aromatic carbocycles. The molecule has 0 spiro atoms. The van der Waals surface area contributed by atoms with E-state index in [0.29, 0.717) is 0 Å². The number of nitrogens with one attached hydrogen (secondary N) is 1. The Morgan fingerprint density at radius 1 is 1.30 bits per heavy atom. The highest BCUT2D eigenvalue weighted by molar-refractivity contribution is 6.38. The number of nitrogens with zero attached hydrogens (tertiary/aromatic N) is 2. The fourth-order valence-corrected chi connectivity index (χ4v) is 3.76. The lowest BCUT2D eigenvalue weighted by molar-refractivity contribution is -0.384. The molecule has 8 nitrogen and oxygen atoms in total. The average Bonchev–Trinajstić information content (AvgIpc) is 2.91. The lowest BCUT2D eigenvalue weighted by Gasteiger charge is -2.24. The van der Waals surface area contributed by atoms with Crippen LogP contribution in [0.5, 0.6) is 0 Å². The topological polar surface area (TPSA) is 113 Å². The van der Waals surface area contributed by atoms with Crippen LogP contribution in [0.1, 0.15) is 5.56 Å². The smallest absolute Gasteiger partial charge is 0.269 e. The number of halogens is 2. The summed E-state index contributed by atoms with van der Waals surface area (Å²) in [5, 5.41) is 24.8. The number of benzene rings is 2. The van der Waals surface area contributed by atoms with Gasteiger partial charge in [0.15, 0.2) is 0 Å². The summed E-state index contributed by atoms with van der Waals surface area (Å²) in [6, 6.07) is 7.79. The molecule has 0 aromatic heterocycles. The fraction of sp³-hybridized carbons (Fsp3) is 0.100. The van der Waals surface area contributed by atoms with E-state index >= 15 is 0 Å². The summed E-state index contributed by atoms with van der Waals surface area (Å²) in [6.07, 6.45) is 1.44. The van der Waals surface area contributed by atoms with E-state index in [1.165, 1.54) is 47.4 Å². The van der Waals surface area contributed by atoms with Gasteiger partial charge in [-0.2, -0.15) is 0 Å². The van der Waals surface area contributed by atoms with Crippen molar-refractivity contribution < 1.29 is 19.6 Å². The van der Waals surface area contributed by atoms with Gasteiger partial charge in [-0.25, -0.2) is 0 Å². The van der Waals surface area contributed by atoms with Crippen LogP contribution in [0, 0.1) is 10.1 Å². The summed E-state index contributed by atoms with van der Waals surface area (Å²) in [6.45, 7) is 7.25. The first-order valence-electron chi connectivity index (χ1n) is 8.51. The van der Waals surface area contributed by atoms with Crippen LogP contribution in [0.3, 0.4) is 0 Å². The van der Waals surface area contributed by atoms with Gasteiger partial charge in [-0.05, 0) is 24.3 Å². The molecule has 1 atom stereocenters. The molecule has 0 aliphatic carbocycles. The van der Waals surface area contributed by atoms with Crippen LogP contribution in [0.25, 0.3) is 0 Å². The first-order chi connectivity index (χ1) is 14.1. The number of rotatable bonds is 6. The quantitative estimate of drug-likeness (QED) is 0.302. The Balaban J connectivity index is 1.98. The Bertz CT molecular complexity index is 1100. The van der Waals surface area contributed by atoms with Crippen LogP contribution in [-0.4, -0.2) is 28.4 Å². The van der Waals surface area contributed by atoms with E-state index in [4.69, 9.17) is 23.2 Å². The van der Waals surface area contributed by atoms with Crippen molar-refractivity contribution in [2.75, 3.05) is 16.8 Å². The van der Waals surface area contributed by atoms with Gasteiger partial charge in [0, 0.05) is 35.0 Å². The van der Waals surface area contributed by atoms with E-state index in [1.54, 1.807) is 0 Å². The summed E-state index contributed by atoms with van der Waals surface area (Å²) >= 11 is 12.3. The summed E-state index contributed by atoms with van der Waals surface area (Å²) in [7, 11) is 0. The van der Waals surface area contributed by atoms with Gasteiger partial charge < -0.3 is 15.3 Å². The molecule has 0 bridgehead atoms. The number of amides is 2. The van der Waals surface area contributed by atoms with Gasteiger partial charge in [0.05, 0.1) is 21.2 Å². The first kappa shape index (κ1) is 21.5. The maximum absolute atomic E-state index is 13.1. The zero-order valence-electron chi connectivity index (χ0n) is 15.4. The average molecular weight is 448 g/mol. The largest absolute Gasteiger partial charge is 0.372 e. The minimum atomic E-state index is -2.41. The van der Waals surface area contributed by atoms with Crippen LogP contribution in [-0.2, 0) is 15.2 Å². The molecule has 0 radical (unpaired) electrons. The lowest BCUT2D eigenvalue weighted by Crippen LogP contribution is -2.44. The molecule has 1 aliphatic rings. The number of hydrogen-bond donors (Lipinski definition) is 2. The maximum Gasteiger partial charge on any atom is 0.269 e. The highest BCUT2D eigenvalue weighted by Gasteiger charge is 2.54. The summed E-state index contributed by atoms with van der Waals surface area (Å²) < 4.78 is 0. The second-order valence-electron chi connectivity index (χ2n) is 6.44. The van der Waals surface area contributed by atoms with Gasteiger partial charge in [0.2, 0.25) is 5.60 Å². The van der Waals surface area contributed by atoms with Gasteiger partial charge in [0.1, 0.15) is 0 Å². The van der Waals surface area contributed by atoms with E-state index < -0.39 is 27.9 Å². The van der Waals surface area contributed by atoms with Crippen LogP contribution in [0.2, 0.25) is 10.0 Å². The van der Waals surface area contributed by atoms with Crippen LogP contribution in [0.4, 0.5) is 17.1 Å². The van der Waals surface area contributed by atoms with Gasteiger partial charge in [-0.1, -0.05) is 35.9 Å². The molecule has 2 N–H and O–H groups in total. The number of fused-ring (bicyclic) bond motifs is 1. The molecule has 0 saturated heterocycles. The standard InChI is InChI=1S/C20H15Cl2N3O5/c1-3-8-24-17-15(9-12(21)10-16(17)22)20(28,19(24)27)11(2)18(26)23-13-4-6-14(7-5-13)25(29)30/h3-7,9-10,28H,1-2,8H2,(H,23,26). The van der Waals surface area contributed by atoms with Crippen molar-refractivity contribution in [3.05, 3.63) is 86.9 Å². The molecule has 154 valence electrons. The third-order valence-corrected chi connectivity index (χ3v) is 5.11. The number of carbonyl (C=O) groups excluding carboxylic acids is 2. The Kier molecular flexibility index (Phi) is 5.67. The van der Waals surface area contributed by atoms with Gasteiger partial charge in [-0.3, -0.25) is 19.7 Å². The monoisotopic (exact) mass is 447 g/mol. The number of nitro benzene ring substituents is 1. The molecule has 1 unspecified atom stereocenters. The Morgan fingerprint density at radius 3 is 2.50 bits per heavy atom. The van der Waals surface area contributed by atoms with Crippen molar-refractivity contribution in [3.8, 4) is 0 Å². The Morgan fingerprint density at radius 2 is 1.93 bits per heavy atom. The summed E-state index contributed by atoms with van der Waals surface area (Å²) in [4.78, 5) is 37.2. The molecular weight excluding hydrogens is 433 g/mol. The SMILES string of the molecule is C=CCN1C(=O)C(O)(C(=C)C(=O)Nc2ccc([N+](=O)[O-])cc2)c2cc(Cl)cc(Cl)c21. The van der Waals surface area contributed by atoms with Crippen LogP contribution >= 0.6 is 23.2 Å². The molecule has 0 fully saturated rings.